The molecule has 0 saturated heterocycles. The summed E-state index contributed by atoms with van der Waals surface area (Å²) in [7, 11) is 0. The lowest BCUT2D eigenvalue weighted by Gasteiger charge is -2.12. The van der Waals surface area contributed by atoms with Gasteiger partial charge in [-0.2, -0.15) is 18.4 Å². The van der Waals surface area contributed by atoms with Gasteiger partial charge in [-0.25, -0.2) is 4.98 Å². The number of halogens is 4. The van der Waals surface area contributed by atoms with Crippen molar-refractivity contribution in [1.82, 2.24) is 9.97 Å². The first-order chi connectivity index (χ1) is 10.3. The fraction of sp³-hybridized carbons (Fsp3) is 0.167. The summed E-state index contributed by atoms with van der Waals surface area (Å²) in [6.45, 7) is 0. The molecule has 0 aliphatic heterocycles. The highest BCUT2D eigenvalue weighted by Gasteiger charge is 2.33. The van der Waals surface area contributed by atoms with Crippen molar-refractivity contribution in [1.29, 1.82) is 5.26 Å². The van der Waals surface area contributed by atoms with Gasteiger partial charge in [0.05, 0.1) is 22.3 Å². The Morgan fingerprint density at radius 2 is 2.18 bits per heavy atom. The molecule has 1 amide bonds. The second-order valence-electron chi connectivity index (χ2n) is 3.98. The number of anilines is 1. The summed E-state index contributed by atoms with van der Waals surface area (Å²) < 4.78 is 37.6. The number of alkyl halides is 3. The molecule has 0 radical (unpaired) electrons. The first-order valence-electron chi connectivity index (χ1n) is 5.65. The summed E-state index contributed by atoms with van der Waals surface area (Å²) in [6.07, 6.45) is -2.63. The molecular weight excluding hydrogens is 341 g/mol. The summed E-state index contributed by atoms with van der Waals surface area (Å²) in [5.74, 6) is -2.22. The van der Waals surface area contributed by atoms with Crippen LogP contribution in [0.3, 0.4) is 0 Å². The van der Waals surface area contributed by atoms with Crippen LogP contribution in [0.5, 0.6) is 0 Å². The number of nitrogens with zero attached hydrogens (tertiary/aromatic N) is 3. The van der Waals surface area contributed by atoms with Gasteiger partial charge in [0.15, 0.2) is 11.0 Å². The maximum atomic E-state index is 12.5. The van der Waals surface area contributed by atoms with Gasteiger partial charge in [0.1, 0.15) is 0 Å². The third-order valence-corrected chi connectivity index (χ3v) is 3.52. The van der Waals surface area contributed by atoms with E-state index >= 15 is 0 Å². The summed E-state index contributed by atoms with van der Waals surface area (Å²) in [5.41, 5.74) is -1.30. The molecule has 0 aromatic carbocycles. The molecular formula is C12H6ClF3N4OS. The van der Waals surface area contributed by atoms with E-state index in [0.717, 1.165) is 11.3 Å². The number of carbonyl (C=O) groups is 1. The molecule has 1 N–H and O–H groups in total. The highest BCUT2D eigenvalue weighted by atomic mass is 35.5. The fourth-order valence-corrected chi connectivity index (χ4v) is 2.33. The lowest BCUT2D eigenvalue weighted by Crippen LogP contribution is -2.21. The van der Waals surface area contributed by atoms with Gasteiger partial charge < -0.3 is 5.32 Å². The van der Waals surface area contributed by atoms with Crippen LogP contribution >= 0.6 is 22.9 Å². The second-order valence-corrected chi connectivity index (χ2v) is 5.28. The van der Waals surface area contributed by atoms with Gasteiger partial charge in [0.2, 0.25) is 5.91 Å². The molecule has 0 spiro atoms. The Hall–Kier alpha value is -2.18. The Morgan fingerprint density at radius 3 is 2.68 bits per heavy atom. The lowest BCUT2D eigenvalue weighted by molar-refractivity contribution is -0.137. The van der Waals surface area contributed by atoms with Crippen molar-refractivity contribution in [2.45, 2.75) is 12.1 Å². The zero-order valence-electron chi connectivity index (χ0n) is 10.6. The zero-order valence-corrected chi connectivity index (χ0v) is 12.1. The van der Waals surface area contributed by atoms with Crippen molar-refractivity contribution in [2.75, 3.05) is 5.32 Å². The van der Waals surface area contributed by atoms with Gasteiger partial charge in [-0.05, 0) is 6.07 Å². The molecule has 2 heterocycles. The zero-order chi connectivity index (χ0) is 16.3. The molecule has 0 aliphatic carbocycles. The van der Waals surface area contributed by atoms with Crippen LogP contribution in [-0.2, 0) is 11.0 Å². The highest BCUT2D eigenvalue weighted by molar-refractivity contribution is 7.13. The number of nitriles is 1. The van der Waals surface area contributed by atoms with Crippen LogP contribution in [-0.4, -0.2) is 15.9 Å². The van der Waals surface area contributed by atoms with E-state index in [-0.39, 0.29) is 10.8 Å². The Morgan fingerprint density at radius 1 is 1.45 bits per heavy atom. The van der Waals surface area contributed by atoms with Gasteiger partial charge in [-0.3, -0.25) is 9.78 Å². The molecule has 5 nitrogen and oxygen atoms in total. The van der Waals surface area contributed by atoms with E-state index in [2.05, 4.69) is 15.3 Å². The van der Waals surface area contributed by atoms with Crippen LogP contribution in [0.1, 0.15) is 17.2 Å². The summed E-state index contributed by atoms with van der Waals surface area (Å²) in [6, 6.07) is 2.30. The standard InChI is InChI=1S/C12H6ClF3N4OS/c13-8-3-6(12(14,15)16)5-19-9(8)7(4-17)10(21)20-11-18-1-2-22-11/h1-3,5,7H,(H,18,20,21)/t7-/m0/s1. The van der Waals surface area contributed by atoms with E-state index in [4.69, 9.17) is 16.9 Å². The smallest absolute Gasteiger partial charge is 0.300 e. The molecule has 0 aliphatic rings. The van der Waals surface area contributed by atoms with Crippen molar-refractivity contribution in [2.24, 2.45) is 0 Å². The van der Waals surface area contributed by atoms with Crippen molar-refractivity contribution in [3.05, 3.63) is 40.1 Å². The van der Waals surface area contributed by atoms with Gasteiger partial charge >= 0.3 is 6.18 Å². The lowest BCUT2D eigenvalue weighted by atomic mass is 10.0. The number of thiazole rings is 1. The number of amides is 1. The maximum Gasteiger partial charge on any atom is 0.417 e. The Kier molecular flexibility index (Phi) is 4.63. The average Bonchev–Trinajstić information content (AvgIpc) is 2.93. The molecule has 2 rings (SSSR count). The minimum atomic E-state index is -4.61. The topological polar surface area (TPSA) is 78.7 Å². The molecule has 0 fully saturated rings. The first-order valence-corrected chi connectivity index (χ1v) is 6.91. The molecule has 2 aromatic rings. The number of hydrogen-bond donors (Lipinski definition) is 1. The van der Waals surface area contributed by atoms with Gasteiger partial charge in [0, 0.05) is 17.8 Å². The molecule has 0 saturated carbocycles. The molecule has 114 valence electrons. The minimum Gasteiger partial charge on any atom is -0.300 e. The van der Waals surface area contributed by atoms with Crippen molar-refractivity contribution in [3.8, 4) is 6.07 Å². The predicted molar refractivity (Wildman–Crippen MR) is 73.3 cm³/mol. The van der Waals surface area contributed by atoms with Gasteiger partial charge in [-0.15, -0.1) is 11.3 Å². The van der Waals surface area contributed by atoms with E-state index in [9.17, 15) is 18.0 Å². The molecule has 0 bridgehead atoms. The quantitative estimate of drug-likeness (QED) is 0.923. The number of aromatic nitrogens is 2. The highest BCUT2D eigenvalue weighted by Crippen LogP contribution is 2.33. The Balaban J connectivity index is 2.28. The van der Waals surface area contributed by atoms with Crippen LogP contribution in [0.15, 0.2) is 23.8 Å². The molecule has 1 atom stereocenters. The SMILES string of the molecule is N#C[C@H](C(=O)Nc1nccs1)c1ncc(C(F)(F)F)cc1Cl. The molecule has 10 heteroatoms. The van der Waals surface area contributed by atoms with Crippen LogP contribution in [0, 0.1) is 11.3 Å². The van der Waals surface area contributed by atoms with Crippen LogP contribution in [0.25, 0.3) is 0 Å². The average molecular weight is 347 g/mol. The fourth-order valence-electron chi connectivity index (χ4n) is 1.52. The van der Waals surface area contributed by atoms with E-state index in [0.29, 0.717) is 12.3 Å². The van der Waals surface area contributed by atoms with Crippen LogP contribution in [0.2, 0.25) is 5.02 Å². The normalized spacial score (nSPS) is 12.5. The van der Waals surface area contributed by atoms with Crippen LogP contribution < -0.4 is 5.32 Å². The maximum absolute atomic E-state index is 12.5. The third kappa shape index (κ3) is 3.52. The van der Waals surface area contributed by atoms with E-state index < -0.39 is 28.6 Å². The van der Waals surface area contributed by atoms with Gasteiger partial charge in [0.25, 0.3) is 0 Å². The van der Waals surface area contributed by atoms with Crippen molar-refractivity contribution < 1.29 is 18.0 Å². The summed E-state index contributed by atoms with van der Waals surface area (Å²) in [5, 5.41) is 12.9. The number of hydrogen-bond acceptors (Lipinski definition) is 5. The number of rotatable bonds is 3. The Labute approximate surface area is 131 Å². The second kappa shape index (κ2) is 6.29. The number of pyridine rings is 1. The summed E-state index contributed by atoms with van der Waals surface area (Å²) >= 11 is 6.86. The first kappa shape index (κ1) is 16.2. The van der Waals surface area contributed by atoms with E-state index in [1.165, 1.54) is 6.20 Å². The molecule has 2 aromatic heterocycles. The van der Waals surface area contributed by atoms with Crippen molar-refractivity contribution >= 4 is 34.0 Å². The van der Waals surface area contributed by atoms with Gasteiger partial charge in [-0.1, -0.05) is 11.6 Å². The molecule has 0 unspecified atom stereocenters. The minimum absolute atomic E-state index is 0.244. The van der Waals surface area contributed by atoms with Crippen molar-refractivity contribution in [3.63, 3.8) is 0 Å². The predicted octanol–water partition coefficient (Wildman–Crippen LogP) is 3.46. The summed E-state index contributed by atoms with van der Waals surface area (Å²) in [4.78, 5) is 19.3. The van der Waals surface area contributed by atoms with E-state index in [1.807, 2.05) is 0 Å². The van der Waals surface area contributed by atoms with E-state index in [1.54, 1.807) is 11.4 Å². The number of nitrogens with one attached hydrogen (secondary N) is 1. The third-order valence-electron chi connectivity index (χ3n) is 2.52. The largest absolute Gasteiger partial charge is 0.417 e. The van der Waals surface area contributed by atoms with Crippen LogP contribution in [0.4, 0.5) is 18.3 Å². The monoisotopic (exact) mass is 346 g/mol. The Bertz CT molecular complexity index is 727. The number of carbonyl (C=O) groups excluding carboxylic acids is 1. The molecule has 22 heavy (non-hydrogen) atoms.